The van der Waals surface area contributed by atoms with Gasteiger partial charge in [0, 0.05) is 26.2 Å². The minimum absolute atomic E-state index is 0.931. The van der Waals surface area contributed by atoms with Crippen molar-refractivity contribution in [2.24, 2.45) is 0 Å². The summed E-state index contributed by atoms with van der Waals surface area (Å²) in [6, 6.07) is 0. The average molecular weight is 146 g/mol. The molecule has 0 aromatic heterocycles. The van der Waals surface area contributed by atoms with Crippen LogP contribution in [0.15, 0.2) is 0 Å². The van der Waals surface area contributed by atoms with Gasteiger partial charge in [-0.3, -0.25) is 21.7 Å². The van der Waals surface area contributed by atoms with E-state index in [9.17, 15) is 0 Å². The van der Waals surface area contributed by atoms with Crippen molar-refractivity contribution in [3.63, 3.8) is 0 Å². The molecule has 62 valence electrons. The summed E-state index contributed by atoms with van der Waals surface area (Å²) in [5.41, 5.74) is 12.1. The molecule has 4 N–H and O–H groups in total. The van der Waals surface area contributed by atoms with Gasteiger partial charge in [0.15, 0.2) is 0 Å². The first kappa shape index (κ1) is 9.84. The van der Waals surface area contributed by atoms with Crippen LogP contribution in [-0.2, 0) is 0 Å². The molecule has 0 saturated heterocycles. The Labute approximate surface area is 62.7 Å². The number of nitrogens with one attached hydrogen (secondary N) is 4. The molecular formula is C6H18N4. The third-order valence-electron chi connectivity index (χ3n) is 0.979. The van der Waals surface area contributed by atoms with Crippen LogP contribution in [0.1, 0.15) is 13.8 Å². The van der Waals surface area contributed by atoms with Crippen molar-refractivity contribution in [3.05, 3.63) is 0 Å². The van der Waals surface area contributed by atoms with E-state index >= 15 is 0 Å². The summed E-state index contributed by atoms with van der Waals surface area (Å²) in [7, 11) is 0. The van der Waals surface area contributed by atoms with Crippen molar-refractivity contribution < 1.29 is 0 Å². The third kappa shape index (κ3) is 7.84. The normalized spacial score (nSPS) is 10.2. The first-order valence-electron chi connectivity index (χ1n) is 3.83. The van der Waals surface area contributed by atoms with Crippen molar-refractivity contribution in [3.8, 4) is 0 Å². The molecule has 0 spiro atoms. The van der Waals surface area contributed by atoms with Crippen molar-refractivity contribution in [2.45, 2.75) is 13.8 Å². The Balaban J connectivity index is 2.65. The molecule has 0 saturated carbocycles. The number of rotatable bonds is 7. The molecule has 0 unspecified atom stereocenters. The molecule has 0 fully saturated rings. The molecular weight excluding hydrogens is 128 g/mol. The van der Waals surface area contributed by atoms with Crippen LogP contribution >= 0.6 is 0 Å². The average Bonchev–Trinajstić information content (AvgIpc) is 1.97. The largest absolute Gasteiger partial charge is 0.258 e. The van der Waals surface area contributed by atoms with E-state index < -0.39 is 0 Å². The molecule has 0 aromatic carbocycles. The molecule has 0 aliphatic heterocycles. The van der Waals surface area contributed by atoms with Crippen molar-refractivity contribution in [1.29, 1.82) is 0 Å². The van der Waals surface area contributed by atoms with E-state index in [-0.39, 0.29) is 0 Å². The Morgan fingerprint density at radius 2 is 1.10 bits per heavy atom. The lowest BCUT2D eigenvalue weighted by molar-refractivity contribution is 0.489. The van der Waals surface area contributed by atoms with Gasteiger partial charge in [0.1, 0.15) is 0 Å². The highest BCUT2D eigenvalue weighted by atomic mass is 15.4. The van der Waals surface area contributed by atoms with Gasteiger partial charge < -0.3 is 0 Å². The van der Waals surface area contributed by atoms with Crippen LogP contribution in [0.3, 0.4) is 0 Å². The lowest BCUT2D eigenvalue weighted by atomic mass is 10.7. The molecule has 4 nitrogen and oxygen atoms in total. The molecule has 4 heteroatoms. The maximum Gasteiger partial charge on any atom is 0.0239 e. The summed E-state index contributed by atoms with van der Waals surface area (Å²) in [4.78, 5) is 0. The Kier molecular flexibility index (Phi) is 8.70. The van der Waals surface area contributed by atoms with E-state index in [1.807, 2.05) is 0 Å². The third-order valence-corrected chi connectivity index (χ3v) is 0.979. The molecule has 0 aliphatic carbocycles. The number of hydrogen-bond acceptors (Lipinski definition) is 4. The Morgan fingerprint density at radius 3 is 1.40 bits per heavy atom. The predicted octanol–water partition coefficient (Wildman–Crippen LogP) is -0.785. The quantitative estimate of drug-likeness (QED) is 0.281. The topological polar surface area (TPSA) is 48.1 Å². The van der Waals surface area contributed by atoms with Crippen LogP contribution in [0.5, 0.6) is 0 Å². The molecule has 0 amide bonds. The molecule has 0 heterocycles. The molecule has 0 aromatic rings. The van der Waals surface area contributed by atoms with Crippen LogP contribution in [0.2, 0.25) is 0 Å². The standard InChI is InChI=1S/C6H18N4/c1-3-7-9-5-6-10-8-4-2/h7-10H,3-6H2,1-2H3. The summed E-state index contributed by atoms with van der Waals surface area (Å²) < 4.78 is 0. The van der Waals surface area contributed by atoms with E-state index in [0.29, 0.717) is 0 Å². The van der Waals surface area contributed by atoms with Gasteiger partial charge >= 0.3 is 0 Å². The van der Waals surface area contributed by atoms with Gasteiger partial charge in [-0.1, -0.05) is 13.8 Å². The lowest BCUT2D eigenvalue weighted by Crippen LogP contribution is -2.41. The summed E-state index contributed by atoms with van der Waals surface area (Å²) >= 11 is 0. The van der Waals surface area contributed by atoms with E-state index in [0.717, 1.165) is 26.2 Å². The zero-order valence-electron chi connectivity index (χ0n) is 6.83. The second-order valence-corrected chi connectivity index (χ2v) is 1.91. The summed E-state index contributed by atoms with van der Waals surface area (Å²) in [6.07, 6.45) is 0. The summed E-state index contributed by atoms with van der Waals surface area (Å²) in [5, 5.41) is 0. The number of hydrogen-bond donors (Lipinski definition) is 4. The SMILES string of the molecule is CCNNCCNNCC. The fourth-order valence-corrected chi connectivity index (χ4v) is 0.552. The minimum atomic E-state index is 0.931. The van der Waals surface area contributed by atoms with E-state index in [2.05, 4.69) is 35.6 Å². The maximum absolute atomic E-state index is 3.04. The molecule has 0 rings (SSSR count). The zero-order valence-corrected chi connectivity index (χ0v) is 6.83. The highest BCUT2D eigenvalue weighted by Gasteiger charge is 1.81. The van der Waals surface area contributed by atoms with E-state index in [4.69, 9.17) is 0 Å². The molecule has 10 heavy (non-hydrogen) atoms. The molecule has 0 atom stereocenters. The molecule has 0 radical (unpaired) electrons. The van der Waals surface area contributed by atoms with E-state index in [1.165, 1.54) is 0 Å². The van der Waals surface area contributed by atoms with Crippen molar-refractivity contribution in [2.75, 3.05) is 26.2 Å². The Morgan fingerprint density at radius 1 is 0.700 bits per heavy atom. The van der Waals surface area contributed by atoms with Crippen LogP contribution in [0.25, 0.3) is 0 Å². The van der Waals surface area contributed by atoms with Crippen molar-refractivity contribution in [1.82, 2.24) is 21.7 Å². The fraction of sp³-hybridized carbons (Fsp3) is 1.00. The van der Waals surface area contributed by atoms with Gasteiger partial charge in [0.25, 0.3) is 0 Å². The fourth-order valence-electron chi connectivity index (χ4n) is 0.552. The summed E-state index contributed by atoms with van der Waals surface area (Å²) in [6.45, 7) is 7.90. The van der Waals surface area contributed by atoms with Gasteiger partial charge in [-0.25, -0.2) is 0 Å². The Bertz CT molecular complexity index is 49.7. The van der Waals surface area contributed by atoms with Crippen LogP contribution in [0.4, 0.5) is 0 Å². The summed E-state index contributed by atoms with van der Waals surface area (Å²) in [5.74, 6) is 0. The lowest BCUT2D eigenvalue weighted by Gasteiger charge is -2.05. The van der Waals surface area contributed by atoms with E-state index in [1.54, 1.807) is 0 Å². The van der Waals surface area contributed by atoms with Gasteiger partial charge in [-0.15, -0.1) is 0 Å². The van der Waals surface area contributed by atoms with Gasteiger partial charge in [-0.05, 0) is 0 Å². The first-order chi connectivity index (χ1) is 4.91. The van der Waals surface area contributed by atoms with Crippen LogP contribution < -0.4 is 21.7 Å². The zero-order chi connectivity index (χ0) is 7.66. The predicted molar refractivity (Wildman–Crippen MR) is 43.4 cm³/mol. The van der Waals surface area contributed by atoms with Gasteiger partial charge in [0.2, 0.25) is 0 Å². The van der Waals surface area contributed by atoms with Crippen LogP contribution in [-0.4, -0.2) is 26.2 Å². The highest BCUT2D eigenvalue weighted by molar-refractivity contribution is 4.42. The highest BCUT2D eigenvalue weighted by Crippen LogP contribution is 1.52. The Hall–Kier alpha value is -0.160. The maximum atomic E-state index is 3.04. The van der Waals surface area contributed by atoms with Crippen molar-refractivity contribution >= 4 is 0 Å². The smallest absolute Gasteiger partial charge is 0.0239 e. The number of hydrazine groups is 2. The molecule has 0 aliphatic rings. The first-order valence-corrected chi connectivity index (χ1v) is 3.83. The van der Waals surface area contributed by atoms with Crippen LogP contribution in [0, 0.1) is 0 Å². The second kappa shape index (κ2) is 8.84. The second-order valence-electron chi connectivity index (χ2n) is 1.91. The van der Waals surface area contributed by atoms with Gasteiger partial charge in [0.05, 0.1) is 0 Å². The monoisotopic (exact) mass is 146 g/mol. The minimum Gasteiger partial charge on any atom is -0.258 e. The van der Waals surface area contributed by atoms with Gasteiger partial charge in [-0.2, -0.15) is 0 Å². The molecule has 0 bridgehead atoms.